The second-order valence-electron chi connectivity index (χ2n) is 7.27. The van der Waals surface area contributed by atoms with Crippen molar-refractivity contribution in [2.75, 3.05) is 5.73 Å². The fraction of sp³-hybridized carbons (Fsp3) is 0.227. The van der Waals surface area contributed by atoms with E-state index in [-0.39, 0.29) is 23.7 Å². The molecule has 1 atom stereocenters. The minimum atomic E-state index is -2.86. The van der Waals surface area contributed by atoms with Crippen molar-refractivity contribution < 1.29 is 17.9 Å². The number of hydrogen-bond donors (Lipinski definition) is 3. The van der Waals surface area contributed by atoms with Gasteiger partial charge in [-0.15, -0.1) is 11.3 Å². The van der Waals surface area contributed by atoms with E-state index in [1.165, 1.54) is 35.7 Å². The van der Waals surface area contributed by atoms with Crippen molar-refractivity contribution in [3.05, 3.63) is 62.9 Å². The third-order valence-electron chi connectivity index (χ3n) is 5.08. The first-order chi connectivity index (χ1) is 15.3. The molecule has 0 unspecified atom stereocenters. The van der Waals surface area contributed by atoms with Crippen LogP contribution in [0.1, 0.15) is 34.0 Å². The average Bonchev–Trinajstić information content (AvgIpc) is 3.11. The van der Waals surface area contributed by atoms with E-state index in [9.17, 15) is 13.2 Å². The molecule has 1 aromatic carbocycles. The number of aryl methyl sites for hydroxylation is 1. The van der Waals surface area contributed by atoms with Crippen molar-refractivity contribution in [2.24, 2.45) is 0 Å². The molecule has 0 radical (unpaired) electrons. The summed E-state index contributed by atoms with van der Waals surface area (Å²) in [6.07, 6.45) is 1.91. The Bertz CT molecular complexity index is 1220. The van der Waals surface area contributed by atoms with E-state index in [4.69, 9.17) is 15.9 Å². The van der Waals surface area contributed by atoms with Gasteiger partial charge in [-0.05, 0) is 43.7 Å². The van der Waals surface area contributed by atoms with Gasteiger partial charge >= 0.3 is 6.55 Å². The van der Waals surface area contributed by atoms with Gasteiger partial charge < -0.3 is 21.2 Å². The normalized spacial score (nSPS) is 18.1. The zero-order valence-electron chi connectivity index (χ0n) is 17.2. The topological polar surface area (TPSA) is 96.9 Å². The van der Waals surface area contributed by atoms with Gasteiger partial charge in [0, 0.05) is 40.4 Å². The molecule has 3 heterocycles. The van der Waals surface area contributed by atoms with E-state index in [1.807, 2.05) is 6.92 Å². The number of anilines is 1. The van der Waals surface area contributed by atoms with E-state index in [0.717, 1.165) is 16.1 Å². The molecule has 2 aromatic heterocycles. The third kappa shape index (κ3) is 4.18. The van der Waals surface area contributed by atoms with E-state index in [1.54, 1.807) is 13.0 Å². The Kier molecular flexibility index (Phi) is 5.88. The number of ether oxygens (including phenoxy) is 1. The smallest absolute Gasteiger partial charge is 0.312 e. The highest BCUT2D eigenvalue weighted by Crippen LogP contribution is 2.38. The van der Waals surface area contributed by atoms with E-state index >= 15 is 0 Å². The number of nitrogens with one attached hydrogen (secondary N) is 2. The predicted octanol–water partition coefficient (Wildman–Crippen LogP) is 5.10. The van der Waals surface area contributed by atoms with Gasteiger partial charge in [0.1, 0.15) is 11.9 Å². The Hall–Kier alpha value is -3.40. The van der Waals surface area contributed by atoms with Crippen LogP contribution in [0.3, 0.4) is 0 Å². The van der Waals surface area contributed by atoms with Gasteiger partial charge in [0.25, 0.3) is 0 Å². The number of hydrogen-bond acceptors (Lipinski definition) is 7. The van der Waals surface area contributed by atoms with Gasteiger partial charge in [-0.3, -0.25) is 0 Å². The molecule has 10 heteroatoms. The summed E-state index contributed by atoms with van der Waals surface area (Å²) >= 11 is 1.39. The molecule has 4 N–H and O–H groups in total. The molecule has 6 nitrogen and oxygen atoms in total. The molecule has 2 bridgehead atoms. The summed E-state index contributed by atoms with van der Waals surface area (Å²) in [4.78, 5) is 9.47. The number of nitrogens with two attached hydrogens (primary N) is 1. The number of alkyl halides is 2. The fourth-order valence-electron chi connectivity index (χ4n) is 3.68. The van der Waals surface area contributed by atoms with Gasteiger partial charge in [0.15, 0.2) is 11.6 Å². The molecule has 3 aromatic rings. The molecular formula is C22H20F3N5OS. The number of nitrogen functional groups attached to an aromatic ring is 1. The zero-order valence-corrected chi connectivity index (χ0v) is 18.1. The lowest BCUT2D eigenvalue weighted by molar-refractivity contribution is 0.128. The lowest BCUT2D eigenvalue weighted by atomic mass is 9.96. The van der Waals surface area contributed by atoms with Gasteiger partial charge in [-0.1, -0.05) is 0 Å². The molecule has 0 aliphatic carbocycles. The molecule has 166 valence electrons. The Balaban J connectivity index is 2.03. The molecule has 0 spiro atoms. The summed E-state index contributed by atoms with van der Waals surface area (Å²) in [6, 6.07) is 5.84. The van der Waals surface area contributed by atoms with Gasteiger partial charge in [-0.2, -0.15) is 8.78 Å². The number of thiazole rings is 1. The van der Waals surface area contributed by atoms with Crippen molar-refractivity contribution in [3.63, 3.8) is 0 Å². The number of rotatable bonds is 3. The first-order valence-corrected chi connectivity index (χ1v) is 10.6. The number of allylic oxidation sites excluding steroid dienone is 1. The van der Waals surface area contributed by atoms with Crippen molar-refractivity contribution in [3.8, 4) is 17.0 Å². The second-order valence-corrected chi connectivity index (χ2v) is 8.56. The minimum absolute atomic E-state index is 0.0527. The van der Waals surface area contributed by atoms with E-state index in [2.05, 4.69) is 15.3 Å². The summed E-state index contributed by atoms with van der Waals surface area (Å²) in [5.74, 6) is -0.199. The number of halogens is 3. The first kappa shape index (κ1) is 21.8. The molecule has 0 fully saturated rings. The van der Waals surface area contributed by atoms with Gasteiger partial charge in [0.05, 0.1) is 16.4 Å². The highest BCUT2D eigenvalue weighted by Gasteiger charge is 2.24. The molecule has 32 heavy (non-hydrogen) atoms. The molecule has 0 amide bonds. The van der Waals surface area contributed by atoms with Crippen molar-refractivity contribution in [1.29, 1.82) is 5.41 Å². The number of fused-ring (bicyclic) bond motifs is 5. The first-order valence-electron chi connectivity index (χ1n) is 9.73. The fourth-order valence-corrected chi connectivity index (χ4v) is 4.65. The summed E-state index contributed by atoms with van der Waals surface area (Å²) in [6.45, 7) is 0.713. The van der Waals surface area contributed by atoms with Crippen LogP contribution in [0.4, 0.5) is 19.0 Å². The molecule has 4 rings (SSSR count). The highest BCUT2D eigenvalue weighted by molar-refractivity contribution is 7.12. The molecular weight excluding hydrogens is 439 g/mol. The van der Waals surface area contributed by atoms with Crippen molar-refractivity contribution in [2.45, 2.75) is 32.9 Å². The van der Waals surface area contributed by atoms with Crippen LogP contribution < -0.4 is 15.8 Å². The summed E-state index contributed by atoms with van der Waals surface area (Å²) in [5.41, 5.74) is 8.45. The summed E-state index contributed by atoms with van der Waals surface area (Å²) in [5, 5.41) is 10.8. The van der Waals surface area contributed by atoms with Crippen LogP contribution in [0.2, 0.25) is 0 Å². The van der Waals surface area contributed by atoms with Gasteiger partial charge in [0.2, 0.25) is 0 Å². The van der Waals surface area contributed by atoms with E-state index < -0.39 is 18.5 Å². The Morgan fingerprint density at radius 2 is 2.12 bits per heavy atom. The lowest BCUT2D eigenvalue weighted by Gasteiger charge is -2.22. The quantitative estimate of drug-likeness (QED) is 0.374. The van der Waals surface area contributed by atoms with Gasteiger partial charge in [-0.25, -0.2) is 14.4 Å². The molecule has 0 saturated heterocycles. The maximum Gasteiger partial charge on any atom is 0.312 e. The maximum absolute atomic E-state index is 14.2. The highest BCUT2D eigenvalue weighted by atomic mass is 32.1. The minimum Gasteiger partial charge on any atom is -0.482 e. The molecule has 1 aliphatic rings. The average molecular weight is 459 g/mol. The number of pyridine rings is 1. The van der Waals surface area contributed by atoms with Crippen LogP contribution in [0.25, 0.3) is 17.0 Å². The van der Waals surface area contributed by atoms with Crippen LogP contribution in [0, 0.1) is 18.2 Å². The van der Waals surface area contributed by atoms with Crippen LogP contribution >= 0.6 is 11.3 Å². The summed E-state index contributed by atoms with van der Waals surface area (Å²) in [7, 11) is 0. The molecule has 1 aliphatic heterocycles. The zero-order chi connectivity index (χ0) is 23.0. The largest absolute Gasteiger partial charge is 0.482 e. The predicted molar refractivity (Wildman–Crippen MR) is 118 cm³/mol. The molecule has 0 saturated carbocycles. The Morgan fingerprint density at radius 1 is 1.34 bits per heavy atom. The lowest BCUT2D eigenvalue weighted by Crippen LogP contribution is -2.22. The SMILES string of the molecule is Cc1nc2c(s1)C/C(C=N)=C(/NC(F)F)c1cnc(N)c(c1)O[C@H](C)c1cc(F)ccc1-2. The summed E-state index contributed by atoms with van der Waals surface area (Å²) < 4.78 is 46.9. The van der Waals surface area contributed by atoms with Crippen LogP contribution in [0.5, 0.6) is 5.75 Å². The second kappa shape index (κ2) is 8.62. The number of benzene rings is 1. The van der Waals surface area contributed by atoms with Crippen LogP contribution in [-0.2, 0) is 6.42 Å². The standard InChI is InChI=1S/C22H20F3N5OS/c1-10-16-7-14(23)3-4-15(16)20-18(32-11(2)29-20)6-12(8-26)19(30-22(24)25)13-5-17(31-10)21(27)28-9-13/h3-5,7-10,22,26,30H,6H2,1-2H3,(H2,27,28)/b19-12-,26-8?/t10-/m1/s1. The Labute approximate surface area is 186 Å². The maximum atomic E-state index is 14.2. The number of nitrogens with zero attached hydrogens (tertiary/aromatic N) is 2. The van der Waals surface area contributed by atoms with Crippen LogP contribution in [0.15, 0.2) is 36.0 Å². The van der Waals surface area contributed by atoms with Crippen molar-refractivity contribution in [1.82, 2.24) is 15.3 Å². The van der Waals surface area contributed by atoms with Crippen LogP contribution in [-0.4, -0.2) is 22.7 Å². The van der Waals surface area contributed by atoms with Crippen molar-refractivity contribution >= 4 is 29.1 Å². The van der Waals surface area contributed by atoms with E-state index in [0.29, 0.717) is 28.0 Å². The third-order valence-corrected chi connectivity index (χ3v) is 6.06. The number of aromatic nitrogens is 2. The Morgan fingerprint density at radius 3 is 2.84 bits per heavy atom. The monoisotopic (exact) mass is 459 g/mol.